The van der Waals surface area contributed by atoms with Crippen molar-refractivity contribution in [3.05, 3.63) is 117 Å². The molecule has 4 aromatic carbocycles. The van der Waals surface area contributed by atoms with Gasteiger partial charge in [0.2, 0.25) is 0 Å². The predicted molar refractivity (Wildman–Crippen MR) is 157 cm³/mol. The molecule has 0 radical (unpaired) electrons. The van der Waals surface area contributed by atoms with Crippen molar-refractivity contribution < 1.29 is 36.4 Å². The van der Waals surface area contributed by atoms with E-state index >= 15 is 0 Å². The molecule has 0 saturated heterocycles. The number of hydrogen-bond donors (Lipinski definition) is 2. The fraction of sp³-hybridized carbons (Fsp3) is 0.353. The smallest absolute Gasteiger partial charge is 0.508 e. The molecule has 0 spiro atoms. The summed E-state index contributed by atoms with van der Waals surface area (Å²) in [5.74, 6) is 0.842. The van der Waals surface area contributed by atoms with Gasteiger partial charge in [-0.3, -0.25) is 0 Å². The Morgan fingerprint density at radius 2 is 0.919 bits per heavy atom. The van der Waals surface area contributed by atoms with E-state index in [1.807, 2.05) is 12.1 Å². The van der Waals surface area contributed by atoms with E-state index in [9.17, 15) is 10.2 Å². The molecular weight excluding hydrogens is 532 g/mol. The van der Waals surface area contributed by atoms with E-state index in [-0.39, 0.29) is 26.2 Å². The van der Waals surface area contributed by atoms with Gasteiger partial charge < -0.3 is 10.2 Å². The van der Waals surface area contributed by atoms with Crippen molar-refractivity contribution >= 4 is 0 Å². The summed E-state index contributed by atoms with van der Waals surface area (Å²) >= 11 is 0. The Bertz CT molecular complexity index is 1030. The number of rotatable bonds is 4. The van der Waals surface area contributed by atoms with Crippen LogP contribution in [-0.2, 0) is 51.9 Å². The van der Waals surface area contributed by atoms with Crippen molar-refractivity contribution in [2.75, 3.05) is 0 Å². The molecule has 2 nitrogen and oxygen atoms in total. The summed E-state index contributed by atoms with van der Waals surface area (Å²) < 4.78 is 0. The number of hydrogen-bond acceptors (Lipinski definition) is 2. The first-order chi connectivity index (χ1) is 17.2. The Morgan fingerprint density at radius 3 is 1.11 bits per heavy atom. The van der Waals surface area contributed by atoms with Gasteiger partial charge >= 0.3 is 26.2 Å². The van der Waals surface area contributed by atoms with Crippen LogP contribution in [0.25, 0.3) is 0 Å². The van der Waals surface area contributed by atoms with Gasteiger partial charge in [0.1, 0.15) is 11.5 Å². The predicted octanol–water partition coefficient (Wildman–Crippen LogP) is 9.08. The van der Waals surface area contributed by atoms with Crippen LogP contribution in [0.1, 0.15) is 72.2 Å². The second-order valence-electron chi connectivity index (χ2n) is 9.12. The van der Waals surface area contributed by atoms with Gasteiger partial charge in [-0.15, -0.1) is 0 Å². The molecule has 3 heteroatoms. The van der Waals surface area contributed by atoms with Crippen molar-refractivity contribution in [3.63, 3.8) is 0 Å². The van der Waals surface area contributed by atoms with E-state index in [0.29, 0.717) is 11.5 Å². The van der Waals surface area contributed by atoms with Gasteiger partial charge in [0.15, 0.2) is 0 Å². The van der Waals surface area contributed by atoms with E-state index in [2.05, 4.69) is 104 Å². The van der Waals surface area contributed by atoms with E-state index in [1.165, 1.54) is 33.4 Å². The van der Waals surface area contributed by atoms with E-state index in [0.717, 1.165) is 36.8 Å². The van der Waals surface area contributed by atoms with Crippen LogP contribution in [0.4, 0.5) is 0 Å². The average molecular weight is 578 g/mol. The summed E-state index contributed by atoms with van der Waals surface area (Å²) in [5, 5.41) is 18.7. The molecule has 4 rings (SSSR count). The Balaban J connectivity index is 0.000000473. The molecule has 0 aliphatic carbocycles. The van der Waals surface area contributed by atoms with Crippen LogP contribution in [0.5, 0.6) is 11.5 Å². The van der Waals surface area contributed by atoms with Gasteiger partial charge in [0.05, 0.1) is 0 Å². The third kappa shape index (κ3) is 12.6. The largest absolute Gasteiger partial charge is 2.00 e. The fourth-order valence-corrected chi connectivity index (χ4v) is 3.48. The second kappa shape index (κ2) is 18.8. The first kappa shape index (κ1) is 34.6. The topological polar surface area (TPSA) is 40.5 Å². The maximum absolute atomic E-state index is 9.33. The van der Waals surface area contributed by atoms with Crippen molar-refractivity contribution in [1.82, 2.24) is 0 Å². The van der Waals surface area contributed by atoms with Crippen molar-refractivity contribution in [2.45, 2.75) is 81.1 Å². The van der Waals surface area contributed by atoms with E-state index < -0.39 is 0 Å². The normalized spacial score (nSPS) is 9.51. The van der Waals surface area contributed by atoms with Gasteiger partial charge in [0, 0.05) is 0 Å². The van der Waals surface area contributed by atoms with Crippen LogP contribution in [0.3, 0.4) is 0 Å². The van der Waals surface area contributed by atoms with Crippen LogP contribution in [0.2, 0.25) is 0 Å². The zero-order valence-corrected chi connectivity index (χ0v) is 26.6. The molecular formula is C34H46O2Zr. The molecule has 37 heavy (non-hydrogen) atoms. The molecule has 0 aliphatic rings. The summed E-state index contributed by atoms with van der Waals surface area (Å²) in [6.45, 7) is 16.8. The minimum atomic E-state index is 0. The summed E-state index contributed by atoms with van der Waals surface area (Å²) in [5.41, 5.74) is 10.2. The molecule has 4 aromatic rings. The SMILES string of the molecule is CCc1ccc(O)c(CC)c1.CCc1ccc(O)c(CC)c1.Cc1ccc[c-]1C.Cc1ccc[c-]1C.[Zr+2]. The quantitative estimate of drug-likeness (QED) is 0.238. The molecule has 0 fully saturated rings. The summed E-state index contributed by atoms with van der Waals surface area (Å²) in [7, 11) is 0. The molecule has 0 aromatic heterocycles. The second-order valence-corrected chi connectivity index (χ2v) is 9.12. The summed E-state index contributed by atoms with van der Waals surface area (Å²) in [6, 6.07) is 24.2. The third-order valence-electron chi connectivity index (χ3n) is 6.50. The Morgan fingerprint density at radius 1 is 0.568 bits per heavy atom. The molecule has 0 bridgehead atoms. The fourth-order valence-electron chi connectivity index (χ4n) is 3.48. The first-order valence-electron chi connectivity index (χ1n) is 13.2. The van der Waals surface area contributed by atoms with Crippen LogP contribution in [-0.4, -0.2) is 10.2 Å². The Labute approximate surface area is 245 Å². The monoisotopic (exact) mass is 576 g/mol. The zero-order valence-electron chi connectivity index (χ0n) is 24.2. The van der Waals surface area contributed by atoms with Gasteiger partial charge in [-0.1, -0.05) is 79.7 Å². The molecule has 0 unspecified atom stereocenters. The third-order valence-corrected chi connectivity index (χ3v) is 6.50. The Kier molecular flexibility index (Phi) is 17.6. The molecule has 0 heterocycles. The standard InChI is InChI=1S/2C10H14O.2C7H9.Zr/c2*1-3-8-5-6-10(11)9(4-2)7-8;2*1-6-4-3-5-7(6)2;/h2*5-7,11H,3-4H2,1-2H3;2*3-5H,1-2H3;/q;;2*-1;+2. The molecule has 0 aliphatic heterocycles. The number of aryl methyl sites for hydroxylation is 8. The maximum atomic E-state index is 9.33. The van der Waals surface area contributed by atoms with Gasteiger partial charge in [-0.25, -0.2) is 24.3 Å². The number of aromatic hydroxyl groups is 2. The van der Waals surface area contributed by atoms with E-state index in [1.54, 1.807) is 12.1 Å². The van der Waals surface area contributed by atoms with Gasteiger partial charge in [-0.2, -0.15) is 34.4 Å². The molecule has 2 N–H and O–H groups in total. The molecule has 0 saturated carbocycles. The molecule has 0 amide bonds. The number of benzene rings is 2. The first-order valence-corrected chi connectivity index (χ1v) is 13.2. The van der Waals surface area contributed by atoms with Gasteiger partial charge in [0.25, 0.3) is 0 Å². The zero-order chi connectivity index (χ0) is 27.1. The van der Waals surface area contributed by atoms with Crippen LogP contribution in [0, 0.1) is 27.7 Å². The van der Waals surface area contributed by atoms with Crippen molar-refractivity contribution in [2.24, 2.45) is 0 Å². The number of phenols is 2. The Hall–Kier alpha value is -2.38. The summed E-state index contributed by atoms with van der Waals surface area (Å²) in [6.07, 6.45) is 3.87. The number of phenolic OH excluding ortho intramolecular Hbond substituents is 2. The van der Waals surface area contributed by atoms with E-state index in [4.69, 9.17) is 0 Å². The van der Waals surface area contributed by atoms with Gasteiger partial charge in [-0.05, 0) is 60.1 Å². The average Bonchev–Trinajstić information content (AvgIpc) is 3.46. The maximum Gasteiger partial charge on any atom is 2.00 e. The van der Waals surface area contributed by atoms with Crippen LogP contribution >= 0.6 is 0 Å². The molecule has 0 atom stereocenters. The molecule has 198 valence electrons. The van der Waals surface area contributed by atoms with Crippen molar-refractivity contribution in [1.29, 1.82) is 0 Å². The van der Waals surface area contributed by atoms with Crippen LogP contribution in [0.15, 0.2) is 72.8 Å². The van der Waals surface area contributed by atoms with Crippen LogP contribution < -0.4 is 0 Å². The summed E-state index contributed by atoms with van der Waals surface area (Å²) in [4.78, 5) is 0. The minimum Gasteiger partial charge on any atom is -0.508 e. The minimum absolute atomic E-state index is 0. The van der Waals surface area contributed by atoms with Crippen molar-refractivity contribution in [3.8, 4) is 11.5 Å².